The summed E-state index contributed by atoms with van der Waals surface area (Å²) in [5.74, 6) is 4.16. The largest absolute Gasteiger partial charge is 0.373 e. The fraction of sp³-hybridized carbons (Fsp3) is 0.667. The minimum Gasteiger partial charge on any atom is -0.373 e. The maximum atomic E-state index is 10.3. The molecule has 0 bridgehead atoms. The standard InChI is InChI=1S/C6H11NO3/c1-5(8)3-2-4-6(9)10-7/h2-4,7H2,1H3. The third-order valence-electron chi connectivity index (χ3n) is 1.04. The lowest BCUT2D eigenvalue weighted by Crippen LogP contribution is -2.09. The van der Waals surface area contributed by atoms with Crippen LogP contribution >= 0.6 is 0 Å². The van der Waals surface area contributed by atoms with Crippen LogP contribution < -0.4 is 5.90 Å². The second-order valence-electron chi connectivity index (χ2n) is 2.05. The summed E-state index contributed by atoms with van der Waals surface area (Å²) in [5, 5.41) is 0. The molecule has 58 valence electrons. The summed E-state index contributed by atoms with van der Waals surface area (Å²) in [6.45, 7) is 1.48. The van der Waals surface area contributed by atoms with Gasteiger partial charge in [-0.15, -0.1) is 0 Å². The molecule has 2 N–H and O–H groups in total. The first kappa shape index (κ1) is 9.10. The Morgan fingerprint density at radius 3 is 2.40 bits per heavy atom. The molecule has 0 aromatic heterocycles. The topological polar surface area (TPSA) is 69.4 Å². The van der Waals surface area contributed by atoms with E-state index in [-0.39, 0.29) is 12.2 Å². The maximum absolute atomic E-state index is 10.3. The fourth-order valence-corrected chi connectivity index (χ4v) is 0.541. The molecule has 0 atom stereocenters. The van der Waals surface area contributed by atoms with Crippen LogP contribution in [0.4, 0.5) is 0 Å². The molecule has 0 radical (unpaired) electrons. The van der Waals surface area contributed by atoms with Crippen molar-refractivity contribution in [3.05, 3.63) is 0 Å². The van der Waals surface area contributed by atoms with E-state index in [9.17, 15) is 9.59 Å². The summed E-state index contributed by atoms with van der Waals surface area (Å²) in [6.07, 6.45) is 1.15. The van der Waals surface area contributed by atoms with Crippen LogP contribution in [0.25, 0.3) is 0 Å². The Balaban J connectivity index is 3.20. The zero-order valence-electron chi connectivity index (χ0n) is 5.92. The molecule has 0 heterocycles. The van der Waals surface area contributed by atoms with Gasteiger partial charge in [0.15, 0.2) is 0 Å². The molecule has 0 aromatic carbocycles. The van der Waals surface area contributed by atoms with E-state index in [0.29, 0.717) is 12.8 Å². The number of hydrogen-bond acceptors (Lipinski definition) is 4. The van der Waals surface area contributed by atoms with Crippen molar-refractivity contribution in [1.29, 1.82) is 0 Å². The normalized spacial score (nSPS) is 9.00. The van der Waals surface area contributed by atoms with E-state index in [1.807, 2.05) is 0 Å². The van der Waals surface area contributed by atoms with E-state index in [4.69, 9.17) is 0 Å². The molecule has 0 aliphatic heterocycles. The Hall–Kier alpha value is -0.900. The summed E-state index contributed by atoms with van der Waals surface area (Å²) in [6, 6.07) is 0. The summed E-state index contributed by atoms with van der Waals surface area (Å²) in [4.78, 5) is 24.5. The van der Waals surface area contributed by atoms with E-state index in [0.717, 1.165) is 0 Å². The van der Waals surface area contributed by atoms with Gasteiger partial charge >= 0.3 is 5.97 Å². The van der Waals surface area contributed by atoms with E-state index >= 15 is 0 Å². The van der Waals surface area contributed by atoms with E-state index in [1.54, 1.807) is 0 Å². The Morgan fingerprint density at radius 1 is 1.40 bits per heavy atom. The highest BCUT2D eigenvalue weighted by atomic mass is 16.7. The predicted molar refractivity (Wildman–Crippen MR) is 34.8 cm³/mol. The van der Waals surface area contributed by atoms with E-state index < -0.39 is 5.97 Å². The number of rotatable bonds is 4. The lowest BCUT2D eigenvalue weighted by Gasteiger charge is -1.94. The molecular formula is C6H11NO3. The molecule has 10 heavy (non-hydrogen) atoms. The molecule has 4 heteroatoms. The molecule has 0 saturated carbocycles. The number of carbonyl (C=O) groups excluding carboxylic acids is 2. The minimum absolute atomic E-state index is 0.0739. The van der Waals surface area contributed by atoms with Crippen molar-refractivity contribution in [2.75, 3.05) is 0 Å². The third kappa shape index (κ3) is 5.24. The smallest absolute Gasteiger partial charge is 0.324 e. The highest BCUT2D eigenvalue weighted by Crippen LogP contribution is 1.96. The lowest BCUT2D eigenvalue weighted by atomic mass is 10.2. The van der Waals surface area contributed by atoms with Crippen molar-refractivity contribution in [2.24, 2.45) is 5.90 Å². The van der Waals surface area contributed by atoms with Crippen LogP contribution in [-0.4, -0.2) is 11.8 Å². The second kappa shape index (κ2) is 4.93. The molecule has 0 spiro atoms. The predicted octanol–water partition coefficient (Wildman–Crippen LogP) is 0.163. The van der Waals surface area contributed by atoms with Crippen LogP contribution in [0.5, 0.6) is 0 Å². The van der Waals surface area contributed by atoms with Crippen LogP contribution in [0.2, 0.25) is 0 Å². The fourth-order valence-electron chi connectivity index (χ4n) is 0.541. The molecular weight excluding hydrogens is 134 g/mol. The van der Waals surface area contributed by atoms with Gasteiger partial charge in [-0.1, -0.05) is 0 Å². The number of hydrogen-bond donors (Lipinski definition) is 1. The number of nitrogens with two attached hydrogens (primary N) is 1. The van der Waals surface area contributed by atoms with Crippen LogP contribution in [0.1, 0.15) is 26.2 Å². The van der Waals surface area contributed by atoms with Gasteiger partial charge < -0.3 is 9.63 Å². The van der Waals surface area contributed by atoms with Gasteiger partial charge in [-0.2, -0.15) is 5.90 Å². The maximum Gasteiger partial charge on any atom is 0.324 e. The number of Topliss-reactive ketones (excluding diaryl/α,β-unsaturated/α-hetero) is 1. The summed E-state index contributed by atoms with van der Waals surface area (Å²) in [7, 11) is 0. The second-order valence-corrected chi connectivity index (χ2v) is 2.05. The molecule has 0 saturated heterocycles. The summed E-state index contributed by atoms with van der Waals surface area (Å²) >= 11 is 0. The first-order valence-electron chi connectivity index (χ1n) is 3.06. The summed E-state index contributed by atoms with van der Waals surface area (Å²) in [5.41, 5.74) is 0. The average Bonchev–Trinajstić information content (AvgIpc) is 1.87. The highest BCUT2D eigenvalue weighted by molar-refractivity contribution is 5.76. The van der Waals surface area contributed by atoms with Crippen LogP contribution in [0, 0.1) is 0 Å². The highest BCUT2D eigenvalue weighted by Gasteiger charge is 2.00. The molecule has 0 fully saturated rings. The van der Waals surface area contributed by atoms with E-state index in [1.165, 1.54) is 6.92 Å². The van der Waals surface area contributed by atoms with Crippen molar-refractivity contribution in [1.82, 2.24) is 0 Å². The van der Waals surface area contributed by atoms with Gasteiger partial charge in [0.1, 0.15) is 5.78 Å². The average molecular weight is 145 g/mol. The molecule has 0 aromatic rings. The van der Waals surface area contributed by atoms with Crippen LogP contribution in [0.3, 0.4) is 0 Å². The van der Waals surface area contributed by atoms with Crippen LogP contribution in [-0.2, 0) is 14.4 Å². The van der Waals surface area contributed by atoms with Crippen molar-refractivity contribution in [3.63, 3.8) is 0 Å². The van der Waals surface area contributed by atoms with Crippen molar-refractivity contribution in [2.45, 2.75) is 26.2 Å². The Bertz CT molecular complexity index is 133. The molecule has 0 rings (SSSR count). The molecule has 0 amide bonds. The molecule has 0 aliphatic carbocycles. The minimum atomic E-state index is -0.471. The molecule has 0 unspecified atom stereocenters. The Morgan fingerprint density at radius 2 is 2.00 bits per heavy atom. The third-order valence-corrected chi connectivity index (χ3v) is 1.04. The van der Waals surface area contributed by atoms with Gasteiger partial charge in [-0.3, -0.25) is 4.79 Å². The Kier molecular flexibility index (Phi) is 4.49. The van der Waals surface area contributed by atoms with E-state index in [2.05, 4.69) is 10.7 Å². The lowest BCUT2D eigenvalue weighted by molar-refractivity contribution is -0.144. The SMILES string of the molecule is CC(=O)CCCC(=O)ON. The van der Waals surface area contributed by atoms with Gasteiger partial charge in [0.05, 0.1) is 0 Å². The van der Waals surface area contributed by atoms with Crippen molar-refractivity contribution < 1.29 is 14.4 Å². The number of carbonyl (C=O) groups is 2. The zero-order chi connectivity index (χ0) is 7.98. The van der Waals surface area contributed by atoms with Gasteiger partial charge in [0.25, 0.3) is 0 Å². The first-order valence-corrected chi connectivity index (χ1v) is 3.06. The van der Waals surface area contributed by atoms with Gasteiger partial charge in [-0.25, -0.2) is 0 Å². The molecule has 4 nitrogen and oxygen atoms in total. The first-order chi connectivity index (χ1) is 4.66. The summed E-state index contributed by atoms with van der Waals surface area (Å²) < 4.78 is 0. The van der Waals surface area contributed by atoms with Crippen molar-refractivity contribution >= 4 is 11.8 Å². The quantitative estimate of drug-likeness (QED) is 0.572. The van der Waals surface area contributed by atoms with Crippen molar-refractivity contribution in [3.8, 4) is 0 Å². The Labute approximate surface area is 59.3 Å². The zero-order valence-corrected chi connectivity index (χ0v) is 5.92. The van der Waals surface area contributed by atoms with Gasteiger partial charge in [0.2, 0.25) is 0 Å². The monoisotopic (exact) mass is 145 g/mol. The number of ketones is 1. The van der Waals surface area contributed by atoms with Gasteiger partial charge in [-0.05, 0) is 13.3 Å². The molecule has 0 aliphatic rings. The van der Waals surface area contributed by atoms with Gasteiger partial charge in [0, 0.05) is 12.8 Å². The van der Waals surface area contributed by atoms with Crippen LogP contribution in [0.15, 0.2) is 0 Å².